The number of aromatic nitrogens is 5. The first-order valence-electron chi connectivity index (χ1n) is 6.98. The molecule has 0 aromatic carbocycles. The zero-order valence-electron chi connectivity index (χ0n) is 11.7. The van der Waals surface area contributed by atoms with Gasteiger partial charge in [0.2, 0.25) is 0 Å². The standard InChI is InChI=1S/C14H13ClN6O/c15-11-9-12(20-5-7-22-8-6-20)21-14(17-11)18-13(19-21)10-1-3-16-4-2-10/h1-4,9H,5-8H2. The van der Waals surface area contributed by atoms with Crippen LogP contribution in [-0.4, -0.2) is 50.9 Å². The van der Waals surface area contributed by atoms with Crippen LogP contribution < -0.4 is 4.90 Å². The number of nitrogens with zero attached hydrogens (tertiary/aromatic N) is 6. The summed E-state index contributed by atoms with van der Waals surface area (Å²) in [6.45, 7) is 2.96. The lowest BCUT2D eigenvalue weighted by Gasteiger charge is -2.28. The van der Waals surface area contributed by atoms with Gasteiger partial charge in [0, 0.05) is 37.1 Å². The molecule has 0 N–H and O–H groups in total. The Kier molecular flexibility index (Phi) is 3.36. The highest BCUT2D eigenvalue weighted by Crippen LogP contribution is 2.23. The van der Waals surface area contributed by atoms with Gasteiger partial charge >= 0.3 is 0 Å². The van der Waals surface area contributed by atoms with Crippen LogP contribution in [0.25, 0.3) is 17.2 Å². The van der Waals surface area contributed by atoms with Gasteiger partial charge in [0.15, 0.2) is 5.82 Å². The molecule has 112 valence electrons. The molecule has 4 rings (SSSR count). The highest BCUT2D eigenvalue weighted by Gasteiger charge is 2.18. The minimum absolute atomic E-state index is 0.405. The van der Waals surface area contributed by atoms with Gasteiger partial charge in [0.25, 0.3) is 5.78 Å². The number of hydrogen-bond acceptors (Lipinski definition) is 6. The Balaban J connectivity index is 1.84. The van der Waals surface area contributed by atoms with E-state index in [0.717, 1.165) is 24.5 Å². The topological polar surface area (TPSA) is 68.4 Å². The van der Waals surface area contributed by atoms with Crippen molar-refractivity contribution in [1.82, 2.24) is 24.6 Å². The molecular formula is C14H13ClN6O. The number of pyridine rings is 1. The monoisotopic (exact) mass is 316 g/mol. The van der Waals surface area contributed by atoms with Crippen molar-refractivity contribution in [3.8, 4) is 11.4 Å². The van der Waals surface area contributed by atoms with Crippen LogP contribution in [-0.2, 0) is 4.74 Å². The maximum absolute atomic E-state index is 6.14. The van der Waals surface area contributed by atoms with Crippen molar-refractivity contribution >= 4 is 23.2 Å². The van der Waals surface area contributed by atoms with Gasteiger partial charge in [-0.25, -0.2) is 0 Å². The number of hydrogen-bond donors (Lipinski definition) is 0. The predicted octanol–water partition coefficient (Wildman–Crippen LogP) is 1.68. The fraction of sp³-hybridized carbons (Fsp3) is 0.286. The van der Waals surface area contributed by atoms with Crippen molar-refractivity contribution in [1.29, 1.82) is 0 Å². The Morgan fingerprint density at radius 3 is 2.64 bits per heavy atom. The second-order valence-electron chi connectivity index (χ2n) is 4.92. The summed E-state index contributed by atoms with van der Waals surface area (Å²) in [5.41, 5.74) is 0.893. The molecule has 3 aromatic rings. The van der Waals surface area contributed by atoms with E-state index in [-0.39, 0.29) is 0 Å². The third-order valence-corrected chi connectivity index (χ3v) is 3.73. The van der Waals surface area contributed by atoms with Crippen molar-refractivity contribution in [3.05, 3.63) is 35.7 Å². The van der Waals surface area contributed by atoms with E-state index in [9.17, 15) is 0 Å². The molecule has 7 nitrogen and oxygen atoms in total. The minimum Gasteiger partial charge on any atom is -0.378 e. The average molecular weight is 317 g/mol. The van der Waals surface area contributed by atoms with Gasteiger partial charge in [-0.15, -0.1) is 5.10 Å². The number of ether oxygens (including phenoxy) is 1. The van der Waals surface area contributed by atoms with E-state index in [4.69, 9.17) is 16.3 Å². The van der Waals surface area contributed by atoms with E-state index in [0.29, 0.717) is 30.0 Å². The van der Waals surface area contributed by atoms with E-state index >= 15 is 0 Å². The minimum atomic E-state index is 0.405. The molecule has 1 fully saturated rings. The first-order chi connectivity index (χ1) is 10.8. The summed E-state index contributed by atoms with van der Waals surface area (Å²) < 4.78 is 7.12. The second-order valence-corrected chi connectivity index (χ2v) is 5.31. The molecular weight excluding hydrogens is 304 g/mol. The molecule has 8 heteroatoms. The molecule has 0 atom stereocenters. The van der Waals surface area contributed by atoms with Gasteiger partial charge in [-0.2, -0.15) is 14.5 Å². The van der Waals surface area contributed by atoms with Gasteiger partial charge in [-0.1, -0.05) is 11.6 Å². The molecule has 0 bridgehead atoms. The number of anilines is 1. The maximum Gasteiger partial charge on any atom is 0.256 e. The first-order valence-corrected chi connectivity index (χ1v) is 7.35. The third-order valence-electron chi connectivity index (χ3n) is 3.54. The van der Waals surface area contributed by atoms with Crippen LogP contribution >= 0.6 is 11.6 Å². The van der Waals surface area contributed by atoms with Crippen LogP contribution in [0.3, 0.4) is 0 Å². The van der Waals surface area contributed by atoms with Crippen molar-refractivity contribution in [3.63, 3.8) is 0 Å². The molecule has 0 saturated carbocycles. The Bertz CT molecular complexity index is 800. The Hall–Kier alpha value is -2.25. The van der Waals surface area contributed by atoms with Crippen LogP contribution in [0.15, 0.2) is 30.6 Å². The molecule has 1 aliphatic heterocycles. The maximum atomic E-state index is 6.14. The summed E-state index contributed by atoms with van der Waals surface area (Å²) in [4.78, 5) is 14.9. The van der Waals surface area contributed by atoms with Gasteiger partial charge in [0.05, 0.1) is 13.2 Å². The Morgan fingerprint density at radius 1 is 1.09 bits per heavy atom. The summed E-state index contributed by atoms with van der Waals surface area (Å²) in [5, 5.41) is 4.98. The molecule has 4 heterocycles. The van der Waals surface area contributed by atoms with Crippen molar-refractivity contribution in [2.75, 3.05) is 31.2 Å². The number of morpholine rings is 1. The van der Waals surface area contributed by atoms with E-state index < -0.39 is 0 Å². The zero-order valence-corrected chi connectivity index (χ0v) is 12.4. The third kappa shape index (κ3) is 2.38. The van der Waals surface area contributed by atoms with E-state index in [1.807, 2.05) is 18.2 Å². The lowest BCUT2D eigenvalue weighted by atomic mass is 10.3. The van der Waals surface area contributed by atoms with Gasteiger partial charge in [0.1, 0.15) is 11.0 Å². The molecule has 0 spiro atoms. The van der Waals surface area contributed by atoms with Crippen LogP contribution in [0, 0.1) is 0 Å². The van der Waals surface area contributed by atoms with Gasteiger partial charge < -0.3 is 9.64 Å². The molecule has 1 saturated heterocycles. The molecule has 22 heavy (non-hydrogen) atoms. The number of rotatable bonds is 2. The van der Waals surface area contributed by atoms with Crippen LogP contribution in [0.4, 0.5) is 5.82 Å². The fourth-order valence-electron chi connectivity index (χ4n) is 2.47. The second kappa shape index (κ2) is 5.51. The summed E-state index contributed by atoms with van der Waals surface area (Å²) in [6.07, 6.45) is 3.43. The molecule has 0 radical (unpaired) electrons. The fourth-order valence-corrected chi connectivity index (χ4v) is 2.64. The lowest BCUT2D eigenvalue weighted by Crippen LogP contribution is -2.37. The molecule has 0 unspecified atom stereocenters. The van der Waals surface area contributed by atoms with Crippen LogP contribution in [0.5, 0.6) is 0 Å². The lowest BCUT2D eigenvalue weighted by molar-refractivity contribution is 0.122. The summed E-state index contributed by atoms with van der Waals surface area (Å²) >= 11 is 6.14. The first kappa shape index (κ1) is 13.4. The van der Waals surface area contributed by atoms with Crippen LogP contribution in [0.1, 0.15) is 0 Å². The van der Waals surface area contributed by atoms with Gasteiger partial charge in [-0.3, -0.25) is 4.98 Å². The highest BCUT2D eigenvalue weighted by atomic mass is 35.5. The average Bonchev–Trinajstić information content (AvgIpc) is 2.99. The number of halogens is 1. The highest BCUT2D eigenvalue weighted by molar-refractivity contribution is 6.29. The molecule has 1 aliphatic rings. The molecule has 0 amide bonds. The number of fused-ring (bicyclic) bond motifs is 1. The summed E-state index contributed by atoms with van der Waals surface area (Å²) in [5.74, 6) is 1.97. The largest absolute Gasteiger partial charge is 0.378 e. The summed E-state index contributed by atoms with van der Waals surface area (Å²) in [7, 11) is 0. The summed E-state index contributed by atoms with van der Waals surface area (Å²) in [6, 6.07) is 5.54. The predicted molar refractivity (Wildman–Crippen MR) is 82.1 cm³/mol. The van der Waals surface area contributed by atoms with Gasteiger partial charge in [-0.05, 0) is 12.1 Å². The normalized spacial score (nSPS) is 15.4. The quantitative estimate of drug-likeness (QED) is 0.670. The van der Waals surface area contributed by atoms with Crippen molar-refractivity contribution in [2.45, 2.75) is 0 Å². The molecule has 0 aliphatic carbocycles. The molecule has 3 aromatic heterocycles. The van der Waals surface area contributed by atoms with E-state index in [2.05, 4.69) is 25.0 Å². The van der Waals surface area contributed by atoms with E-state index in [1.165, 1.54) is 0 Å². The smallest absolute Gasteiger partial charge is 0.256 e. The van der Waals surface area contributed by atoms with Crippen molar-refractivity contribution < 1.29 is 4.74 Å². The van der Waals surface area contributed by atoms with Crippen LogP contribution in [0.2, 0.25) is 5.15 Å². The van der Waals surface area contributed by atoms with Crippen molar-refractivity contribution in [2.24, 2.45) is 0 Å². The Labute approximate surface area is 131 Å². The van der Waals surface area contributed by atoms with E-state index in [1.54, 1.807) is 16.9 Å². The zero-order chi connectivity index (χ0) is 14.9. The Morgan fingerprint density at radius 2 is 1.86 bits per heavy atom. The SMILES string of the molecule is Clc1cc(N2CCOCC2)n2nc(-c3ccncc3)nc2n1.